The lowest BCUT2D eigenvalue weighted by molar-refractivity contribution is 0.602. The summed E-state index contributed by atoms with van der Waals surface area (Å²) in [6, 6.07) is 8.67. The first kappa shape index (κ1) is 12.8. The van der Waals surface area contributed by atoms with Crippen LogP contribution in [-0.4, -0.2) is 29.6 Å². The van der Waals surface area contributed by atoms with Gasteiger partial charge in [-0.15, -0.1) is 0 Å². The van der Waals surface area contributed by atoms with Gasteiger partial charge in [0, 0.05) is 23.7 Å². The number of H-pyrrole nitrogens is 1. The van der Waals surface area contributed by atoms with E-state index in [0.29, 0.717) is 11.3 Å². The fourth-order valence-electron chi connectivity index (χ4n) is 2.05. The highest BCUT2D eigenvalue weighted by Gasteiger charge is 2.11. The molecule has 1 N–H and O–H groups in total. The molecule has 0 bridgehead atoms. The van der Waals surface area contributed by atoms with Gasteiger partial charge in [0.2, 0.25) is 0 Å². The third-order valence-corrected chi connectivity index (χ3v) is 4.16. The summed E-state index contributed by atoms with van der Waals surface area (Å²) in [4.78, 5) is 12.0. The van der Waals surface area contributed by atoms with Gasteiger partial charge in [0.25, 0.3) is 0 Å². The standard InChI is InChI=1S/C14H13N3O2S/c1-9-7-10(5-6-15-9)14-16-12-4-3-11(20(2,18)19)8-13(12)17-14/h3-8H,1-2H3,(H,16,17). The van der Waals surface area contributed by atoms with Gasteiger partial charge in [0.1, 0.15) is 5.82 Å². The van der Waals surface area contributed by atoms with E-state index in [4.69, 9.17) is 0 Å². The Kier molecular flexibility index (Phi) is 2.83. The molecule has 3 rings (SSSR count). The number of imidazole rings is 1. The number of nitrogens with zero attached hydrogens (tertiary/aromatic N) is 2. The largest absolute Gasteiger partial charge is 0.338 e. The van der Waals surface area contributed by atoms with Gasteiger partial charge in [-0.1, -0.05) is 0 Å². The van der Waals surface area contributed by atoms with E-state index in [1.165, 1.54) is 6.26 Å². The van der Waals surface area contributed by atoms with E-state index < -0.39 is 9.84 Å². The summed E-state index contributed by atoms with van der Waals surface area (Å²) in [5.41, 5.74) is 3.27. The molecule has 2 aromatic heterocycles. The number of aryl methyl sites for hydroxylation is 1. The molecule has 0 saturated carbocycles. The Balaban J connectivity index is 2.16. The van der Waals surface area contributed by atoms with E-state index in [9.17, 15) is 8.42 Å². The summed E-state index contributed by atoms with van der Waals surface area (Å²) < 4.78 is 23.1. The van der Waals surface area contributed by atoms with Crippen molar-refractivity contribution in [3.63, 3.8) is 0 Å². The molecule has 0 aliphatic carbocycles. The fraction of sp³-hybridized carbons (Fsp3) is 0.143. The lowest BCUT2D eigenvalue weighted by Gasteiger charge is -1.97. The third-order valence-electron chi connectivity index (χ3n) is 3.05. The molecule has 0 aliphatic heterocycles. The van der Waals surface area contributed by atoms with Gasteiger partial charge in [-0.2, -0.15) is 0 Å². The van der Waals surface area contributed by atoms with Crippen molar-refractivity contribution >= 4 is 20.9 Å². The maximum atomic E-state index is 11.6. The molecule has 0 aliphatic rings. The molecular weight excluding hydrogens is 274 g/mol. The zero-order valence-corrected chi connectivity index (χ0v) is 11.9. The third kappa shape index (κ3) is 2.30. The van der Waals surface area contributed by atoms with Crippen molar-refractivity contribution in [1.82, 2.24) is 15.0 Å². The first-order valence-corrected chi connectivity index (χ1v) is 7.95. The lowest BCUT2D eigenvalue weighted by atomic mass is 10.2. The van der Waals surface area contributed by atoms with Crippen LogP contribution in [0.2, 0.25) is 0 Å². The van der Waals surface area contributed by atoms with E-state index in [1.807, 2.05) is 19.1 Å². The van der Waals surface area contributed by atoms with E-state index in [1.54, 1.807) is 24.4 Å². The zero-order valence-electron chi connectivity index (χ0n) is 11.1. The Morgan fingerprint density at radius 2 is 1.95 bits per heavy atom. The molecule has 0 fully saturated rings. The highest BCUT2D eigenvalue weighted by molar-refractivity contribution is 7.90. The summed E-state index contributed by atoms with van der Waals surface area (Å²) in [6.07, 6.45) is 2.91. The average Bonchev–Trinajstić information content (AvgIpc) is 2.80. The monoisotopic (exact) mass is 287 g/mol. The van der Waals surface area contributed by atoms with Gasteiger partial charge in [-0.3, -0.25) is 4.98 Å². The number of benzene rings is 1. The molecule has 2 heterocycles. The van der Waals surface area contributed by atoms with Crippen LogP contribution in [0.3, 0.4) is 0 Å². The van der Waals surface area contributed by atoms with Crippen molar-refractivity contribution in [1.29, 1.82) is 0 Å². The number of aromatic nitrogens is 3. The molecule has 102 valence electrons. The van der Waals surface area contributed by atoms with Crippen molar-refractivity contribution in [2.24, 2.45) is 0 Å². The first-order valence-electron chi connectivity index (χ1n) is 6.06. The molecule has 0 amide bonds. The van der Waals surface area contributed by atoms with Crippen LogP contribution in [0.4, 0.5) is 0 Å². The second-order valence-electron chi connectivity index (χ2n) is 4.72. The fourth-order valence-corrected chi connectivity index (χ4v) is 2.70. The Labute approximate surface area is 116 Å². The van der Waals surface area contributed by atoms with Gasteiger partial charge in [-0.25, -0.2) is 13.4 Å². The summed E-state index contributed by atoms with van der Waals surface area (Å²) >= 11 is 0. The van der Waals surface area contributed by atoms with Crippen LogP contribution in [0.5, 0.6) is 0 Å². The molecule has 20 heavy (non-hydrogen) atoms. The quantitative estimate of drug-likeness (QED) is 0.785. The SMILES string of the molecule is Cc1cc(-c2nc3ccc(S(C)(=O)=O)cc3[nH]2)ccn1. The molecule has 5 nitrogen and oxygen atoms in total. The smallest absolute Gasteiger partial charge is 0.175 e. The number of sulfone groups is 1. The molecule has 1 aromatic carbocycles. The highest BCUT2D eigenvalue weighted by Crippen LogP contribution is 2.22. The molecule has 6 heteroatoms. The molecular formula is C14H13N3O2S. The van der Waals surface area contributed by atoms with Crippen LogP contribution in [-0.2, 0) is 9.84 Å². The summed E-state index contributed by atoms with van der Waals surface area (Å²) in [5, 5.41) is 0. The number of fused-ring (bicyclic) bond motifs is 1. The number of aromatic amines is 1. The summed E-state index contributed by atoms with van der Waals surface area (Å²) in [6.45, 7) is 1.91. The number of hydrogen-bond acceptors (Lipinski definition) is 4. The van der Waals surface area contributed by atoms with Crippen molar-refractivity contribution in [3.05, 3.63) is 42.2 Å². The maximum Gasteiger partial charge on any atom is 0.175 e. The van der Waals surface area contributed by atoms with Crippen molar-refractivity contribution in [2.45, 2.75) is 11.8 Å². The number of nitrogens with one attached hydrogen (secondary N) is 1. The van der Waals surface area contributed by atoms with E-state index >= 15 is 0 Å². The van der Waals surface area contributed by atoms with Crippen LogP contribution in [0.25, 0.3) is 22.4 Å². The Bertz CT molecular complexity index is 898. The van der Waals surface area contributed by atoms with Crippen molar-refractivity contribution < 1.29 is 8.42 Å². The molecule has 0 saturated heterocycles. The topological polar surface area (TPSA) is 75.7 Å². The minimum Gasteiger partial charge on any atom is -0.338 e. The first-order chi connectivity index (χ1) is 9.43. The minimum absolute atomic E-state index is 0.283. The second kappa shape index (κ2) is 4.42. The van der Waals surface area contributed by atoms with E-state index in [-0.39, 0.29) is 4.90 Å². The summed E-state index contributed by atoms with van der Waals surface area (Å²) in [7, 11) is -3.21. The second-order valence-corrected chi connectivity index (χ2v) is 6.74. The van der Waals surface area contributed by atoms with E-state index in [2.05, 4.69) is 15.0 Å². The molecule has 0 radical (unpaired) electrons. The molecule has 0 atom stereocenters. The van der Waals surface area contributed by atoms with Gasteiger partial charge < -0.3 is 4.98 Å². The van der Waals surface area contributed by atoms with Crippen LogP contribution in [0.15, 0.2) is 41.4 Å². The van der Waals surface area contributed by atoms with Crippen molar-refractivity contribution in [2.75, 3.05) is 6.26 Å². The van der Waals surface area contributed by atoms with Crippen LogP contribution < -0.4 is 0 Å². The van der Waals surface area contributed by atoms with Crippen molar-refractivity contribution in [3.8, 4) is 11.4 Å². The Morgan fingerprint density at radius 3 is 2.65 bits per heavy atom. The normalized spacial score (nSPS) is 11.9. The van der Waals surface area contributed by atoms with Gasteiger partial charge in [-0.05, 0) is 37.3 Å². The minimum atomic E-state index is -3.21. The summed E-state index contributed by atoms with van der Waals surface area (Å²) in [5.74, 6) is 0.705. The lowest BCUT2D eigenvalue weighted by Crippen LogP contribution is -1.96. The van der Waals surface area contributed by atoms with E-state index in [0.717, 1.165) is 16.8 Å². The van der Waals surface area contributed by atoms with Gasteiger partial charge in [0.05, 0.1) is 15.9 Å². The van der Waals surface area contributed by atoms with Gasteiger partial charge >= 0.3 is 0 Å². The number of hydrogen-bond donors (Lipinski definition) is 1. The predicted molar refractivity (Wildman–Crippen MR) is 77.2 cm³/mol. The van der Waals surface area contributed by atoms with Gasteiger partial charge in [0.15, 0.2) is 9.84 Å². The predicted octanol–water partition coefficient (Wildman–Crippen LogP) is 2.34. The Morgan fingerprint density at radius 1 is 1.15 bits per heavy atom. The Hall–Kier alpha value is -2.21. The average molecular weight is 287 g/mol. The number of pyridine rings is 1. The molecule has 3 aromatic rings. The van der Waals surface area contributed by atoms with Crippen LogP contribution >= 0.6 is 0 Å². The number of rotatable bonds is 2. The van der Waals surface area contributed by atoms with Crippen LogP contribution in [0, 0.1) is 6.92 Å². The van der Waals surface area contributed by atoms with Crippen LogP contribution in [0.1, 0.15) is 5.69 Å². The molecule has 0 unspecified atom stereocenters. The maximum absolute atomic E-state index is 11.6. The zero-order chi connectivity index (χ0) is 14.3. The highest BCUT2D eigenvalue weighted by atomic mass is 32.2. The molecule has 0 spiro atoms.